The first-order valence-corrected chi connectivity index (χ1v) is 7.35. The highest BCUT2D eigenvalue weighted by atomic mass is 32.1. The highest BCUT2D eigenvalue weighted by Gasteiger charge is 2.32. The zero-order valence-corrected chi connectivity index (χ0v) is 12.7. The summed E-state index contributed by atoms with van der Waals surface area (Å²) < 4.78 is 5.40. The van der Waals surface area contributed by atoms with Gasteiger partial charge in [0.15, 0.2) is 5.13 Å². The van der Waals surface area contributed by atoms with Crippen LogP contribution in [0.2, 0.25) is 0 Å². The number of aromatic nitrogens is 1. The van der Waals surface area contributed by atoms with Crippen LogP contribution in [0.1, 0.15) is 27.2 Å². The monoisotopic (exact) mass is 283 g/mol. The van der Waals surface area contributed by atoms with Gasteiger partial charge in [0.2, 0.25) is 0 Å². The van der Waals surface area contributed by atoms with Crippen molar-refractivity contribution >= 4 is 22.6 Å². The molecule has 0 unspecified atom stereocenters. The highest BCUT2D eigenvalue weighted by Crippen LogP contribution is 2.24. The minimum absolute atomic E-state index is 0.220. The van der Waals surface area contributed by atoms with Crippen LogP contribution in [0.25, 0.3) is 0 Å². The van der Waals surface area contributed by atoms with Gasteiger partial charge in [-0.05, 0) is 27.2 Å². The summed E-state index contributed by atoms with van der Waals surface area (Å²) in [6.45, 7) is 7.11. The number of rotatable bonds is 2. The Kier molecular flexibility index (Phi) is 3.99. The molecule has 0 radical (unpaired) electrons. The van der Waals surface area contributed by atoms with Crippen LogP contribution >= 0.6 is 11.3 Å². The maximum atomic E-state index is 12.0. The molecule has 5 nitrogen and oxygen atoms in total. The van der Waals surface area contributed by atoms with Crippen molar-refractivity contribution < 1.29 is 9.53 Å². The second-order valence-electron chi connectivity index (χ2n) is 5.79. The Morgan fingerprint density at radius 1 is 1.58 bits per heavy atom. The van der Waals surface area contributed by atoms with Gasteiger partial charge in [0, 0.05) is 31.7 Å². The smallest absolute Gasteiger partial charge is 0.410 e. The first-order valence-electron chi connectivity index (χ1n) is 6.47. The molecule has 0 aromatic carbocycles. The van der Waals surface area contributed by atoms with Crippen LogP contribution in [0.5, 0.6) is 0 Å². The normalized spacial score (nSPS) is 19.6. The van der Waals surface area contributed by atoms with Crippen molar-refractivity contribution in [3.63, 3.8) is 0 Å². The van der Waals surface area contributed by atoms with Crippen LogP contribution in [0.15, 0.2) is 11.6 Å². The summed E-state index contributed by atoms with van der Waals surface area (Å²) in [5.41, 5.74) is -0.434. The van der Waals surface area contributed by atoms with Crippen molar-refractivity contribution in [1.82, 2.24) is 9.88 Å². The van der Waals surface area contributed by atoms with E-state index in [1.165, 1.54) is 0 Å². The first kappa shape index (κ1) is 14.1. The van der Waals surface area contributed by atoms with Crippen LogP contribution < -0.4 is 4.90 Å². The number of thiazole rings is 1. The molecule has 1 fully saturated rings. The van der Waals surface area contributed by atoms with E-state index in [2.05, 4.69) is 9.88 Å². The van der Waals surface area contributed by atoms with Crippen molar-refractivity contribution in [2.24, 2.45) is 0 Å². The van der Waals surface area contributed by atoms with Crippen LogP contribution in [0.3, 0.4) is 0 Å². The molecule has 1 atom stereocenters. The van der Waals surface area contributed by atoms with Gasteiger partial charge in [0.1, 0.15) is 5.60 Å². The van der Waals surface area contributed by atoms with Gasteiger partial charge < -0.3 is 14.5 Å². The largest absolute Gasteiger partial charge is 0.444 e. The average molecular weight is 283 g/mol. The average Bonchev–Trinajstić information content (AvgIpc) is 2.98. The van der Waals surface area contributed by atoms with Gasteiger partial charge in [-0.15, -0.1) is 11.3 Å². The second-order valence-corrected chi connectivity index (χ2v) is 6.67. The maximum Gasteiger partial charge on any atom is 0.410 e. The Bertz CT molecular complexity index is 428. The molecule has 1 aliphatic heterocycles. The van der Waals surface area contributed by atoms with E-state index in [4.69, 9.17) is 4.74 Å². The lowest BCUT2D eigenvalue weighted by Gasteiger charge is -2.26. The van der Waals surface area contributed by atoms with E-state index in [1.807, 2.05) is 33.2 Å². The molecular formula is C13H21N3O2S. The molecule has 0 bridgehead atoms. The molecule has 0 N–H and O–H groups in total. The molecule has 2 rings (SSSR count). The van der Waals surface area contributed by atoms with Gasteiger partial charge >= 0.3 is 6.09 Å². The molecular weight excluding hydrogens is 262 g/mol. The number of amides is 1. The summed E-state index contributed by atoms with van der Waals surface area (Å²) in [5.74, 6) is 0. The summed E-state index contributed by atoms with van der Waals surface area (Å²) in [4.78, 5) is 20.2. The topological polar surface area (TPSA) is 45.7 Å². The van der Waals surface area contributed by atoms with Crippen molar-refractivity contribution in [2.75, 3.05) is 25.0 Å². The van der Waals surface area contributed by atoms with E-state index < -0.39 is 5.60 Å². The van der Waals surface area contributed by atoms with Crippen LogP contribution in [0.4, 0.5) is 9.93 Å². The fourth-order valence-corrected chi connectivity index (χ4v) is 2.78. The number of nitrogens with zero attached hydrogens (tertiary/aromatic N) is 3. The Labute approximate surface area is 118 Å². The molecule has 1 aromatic rings. The lowest BCUT2D eigenvalue weighted by atomic mass is 10.2. The third-order valence-electron chi connectivity index (χ3n) is 3.08. The number of anilines is 1. The fraction of sp³-hybridized carbons (Fsp3) is 0.692. The number of carbonyl (C=O) groups excluding carboxylic acids is 1. The van der Waals surface area contributed by atoms with E-state index >= 15 is 0 Å². The van der Waals surface area contributed by atoms with E-state index in [0.29, 0.717) is 12.6 Å². The Morgan fingerprint density at radius 2 is 2.32 bits per heavy atom. The molecule has 1 saturated heterocycles. The third-order valence-corrected chi connectivity index (χ3v) is 3.95. The molecule has 6 heteroatoms. The minimum Gasteiger partial charge on any atom is -0.444 e. The molecule has 106 valence electrons. The third kappa shape index (κ3) is 3.59. The summed E-state index contributed by atoms with van der Waals surface area (Å²) in [5, 5.41) is 2.96. The highest BCUT2D eigenvalue weighted by molar-refractivity contribution is 7.13. The molecule has 1 aromatic heterocycles. The number of ether oxygens (including phenoxy) is 1. The molecule has 0 saturated carbocycles. The number of likely N-dealkylation sites (N-methyl/N-ethyl adjacent to an activating group) is 1. The molecule has 19 heavy (non-hydrogen) atoms. The van der Waals surface area contributed by atoms with Gasteiger partial charge in [0.25, 0.3) is 0 Å². The van der Waals surface area contributed by atoms with E-state index in [1.54, 1.807) is 22.4 Å². The first-order chi connectivity index (χ1) is 8.87. The van der Waals surface area contributed by atoms with Crippen molar-refractivity contribution in [2.45, 2.75) is 38.8 Å². The SMILES string of the molecule is CN(c1nccs1)[C@H]1CCN(C(=O)OC(C)(C)C)C1. The number of hydrogen-bond donors (Lipinski definition) is 0. The molecule has 1 amide bonds. The van der Waals surface area contributed by atoms with E-state index in [9.17, 15) is 4.79 Å². The molecule has 1 aliphatic rings. The van der Waals surface area contributed by atoms with Gasteiger partial charge in [-0.2, -0.15) is 0 Å². The molecule has 2 heterocycles. The van der Waals surface area contributed by atoms with Gasteiger partial charge in [-0.1, -0.05) is 0 Å². The molecule has 0 aliphatic carbocycles. The van der Waals surface area contributed by atoms with Crippen LogP contribution in [-0.4, -0.2) is 47.8 Å². The van der Waals surface area contributed by atoms with Gasteiger partial charge in [0.05, 0.1) is 6.04 Å². The number of likely N-dealkylation sites (tertiary alicyclic amines) is 1. The minimum atomic E-state index is -0.434. The summed E-state index contributed by atoms with van der Waals surface area (Å²) in [7, 11) is 2.03. The van der Waals surface area contributed by atoms with Crippen molar-refractivity contribution in [1.29, 1.82) is 0 Å². The van der Waals surface area contributed by atoms with Crippen molar-refractivity contribution in [3.05, 3.63) is 11.6 Å². The van der Waals surface area contributed by atoms with E-state index in [0.717, 1.165) is 18.1 Å². The summed E-state index contributed by atoms with van der Waals surface area (Å²) >= 11 is 1.62. The fourth-order valence-electron chi connectivity index (χ4n) is 2.10. The zero-order valence-electron chi connectivity index (χ0n) is 11.9. The Hall–Kier alpha value is -1.30. The Morgan fingerprint density at radius 3 is 2.89 bits per heavy atom. The Balaban J connectivity index is 1.91. The predicted octanol–water partition coefficient (Wildman–Crippen LogP) is 2.59. The van der Waals surface area contributed by atoms with Crippen LogP contribution in [0, 0.1) is 0 Å². The molecule has 0 spiro atoms. The lowest BCUT2D eigenvalue weighted by molar-refractivity contribution is 0.0292. The maximum absolute atomic E-state index is 12.0. The van der Waals surface area contributed by atoms with Gasteiger partial charge in [-0.25, -0.2) is 9.78 Å². The summed E-state index contributed by atoms with van der Waals surface area (Å²) in [6.07, 6.45) is 2.54. The number of hydrogen-bond acceptors (Lipinski definition) is 5. The van der Waals surface area contributed by atoms with Crippen molar-refractivity contribution in [3.8, 4) is 0 Å². The summed E-state index contributed by atoms with van der Waals surface area (Å²) in [6, 6.07) is 0.318. The second kappa shape index (κ2) is 5.36. The standard InChI is InChI=1S/C13H21N3O2S/c1-13(2,3)18-12(17)16-7-5-10(9-16)15(4)11-14-6-8-19-11/h6,8,10H,5,7,9H2,1-4H3/t10-/m0/s1. The zero-order chi connectivity index (χ0) is 14.0. The lowest BCUT2D eigenvalue weighted by Crippen LogP contribution is -2.39. The quantitative estimate of drug-likeness (QED) is 0.837. The predicted molar refractivity (Wildman–Crippen MR) is 76.7 cm³/mol. The van der Waals surface area contributed by atoms with Crippen LogP contribution in [-0.2, 0) is 4.74 Å². The number of carbonyl (C=O) groups is 1. The van der Waals surface area contributed by atoms with Gasteiger partial charge in [-0.3, -0.25) is 0 Å². The van der Waals surface area contributed by atoms with E-state index in [-0.39, 0.29) is 6.09 Å².